The fourth-order valence-electron chi connectivity index (χ4n) is 0.804. The Morgan fingerprint density at radius 3 is 2.54 bits per heavy atom. The van der Waals surface area contributed by atoms with Gasteiger partial charge in [-0.05, 0) is 26.1 Å². The molecule has 0 bridgehead atoms. The Labute approximate surface area is 81.3 Å². The van der Waals surface area contributed by atoms with Crippen LogP contribution in [0.25, 0.3) is 0 Å². The number of sulfonamides is 1. The molecule has 0 aliphatic carbocycles. The Balaban J connectivity index is 3.06. The van der Waals surface area contributed by atoms with Crippen LogP contribution in [0.4, 0.5) is 0 Å². The molecular weight excluding hydrogens is 210 g/mol. The van der Waals surface area contributed by atoms with E-state index in [-0.39, 0.29) is 4.21 Å². The van der Waals surface area contributed by atoms with Gasteiger partial charge in [0, 0.05) is 4.88 Å². The molecule has 4 nitrogen and oxygen atoms in total. The van der Waals surface area contributed by atoms with Crippen molar-refractivity contribution in [1.29, 1.82) is 0 Å². The van der Waals surface area contributed by atoms with Crippen LogP contribution in [-0.2, 0) is 10.0 Å². The Bertz CT molecular complexity index is 380. The minimum absolute atomic E-state index is 0.228. The van der Waals surface area contributed by atoms with Crippen LogP contribution in [-0.4, -0.2) is 20.6 Å². The highest BCUT2D eigenvalue weighted by molar-refractivity contribution is 7.91. The van der Waals surface area contributed by atoms with Gasteiger partial charge in [0.25, 0.3) is 0 Å². The maximum Gasteiger partial charge on any atom is 0.249 e. The molecule has 1 heterocycles. The minimum atomic E-state index is -3.35. The molecule has 1 aromatic rings. The smallest absolute Gasteiger partial charge is 0.249 e. The van der Waals surface area contributed by atoms with Crippen LogP contribution in [0, 0.1) is 0 Å². The molecule has 0 fully saturated rings. The van der Waals surface area contributed by atoms with E-state index in [9.17, 15) is 13.5 Å². The van der Waals surface area contributed by atoms with Gasteiger partial charge >= 0.3 is 0 Å². The van der Waals surface area contributed by atoms with Crippen molar-refractivity contribution in [3.8, 4) is 0 Å². The van der Waals surface area contributed by atoms with Crippen LogP contribution in [0.1, 0.15) is 17.9 Å². The first kappa shape index (κ1) is 10.6. The zero-order chi connectivity index (χ0) is 10.1. The summed E-state index contributed by atoms with van der Waals surface area (Å²) in [7, 11) is -2.00. The maximum absolute atomic E-state index is 11.3. The average molecular weight is 221 g/mol. The second-order valence-electron chi connectivity index (χ2n) is 2.54. The standard InChI is InChI=1S/C7H11NO3S2/c1-5(9)6-3-4-7(12-6)13(10,11)8-2/h3-5,8-9H,1-2H3/t5-/m1/s1. The van der Waals surface area contributed by atoms with Crippen LogP contribution < -0.4 is 4.72 Å². The zero-order valence-corrected chi connectivity index (χ0v) is 8.95. The van der Waals surface area contributed by atoms with Gasteiger partial charge in [-0.1, -0.05) is 0 Å². The van der Waals surface area contributed by atoms with E-state index >= 15 is 0 Å². The molecule has 1 aromatic heterocycles. The summed E-state index contributed by atoms with van der Waals surface area (Å²) in [5.74, 6) is 0. The molecule has 13 heavy (non-hydrogen) atoms. The van der Waals surface area contributed by atoms with Gasteiger partial charge in [0.2, 0.25) is 10.0 Å². The highest BCUT2D eigenvalue weighted by Gasteiger charge is 2.15. The summed E-state index contributed by atoms with van der Waals surface area (Å²) in [6.07, 6.45) is -0.620. The summed E-state index contributed by atoms with van der Waals surface area (Å²) in [5, 5.41) is 9.17. The molecular formula is C7H11NO3S2. The Hall–Kier alpha value is -0.430. The molecule has 0 aromatic carbocycles. The number of aliphatic hydroxyl groups excluding tert-OH is 1. The molecule has 0 spiro atoms. The summed E-state index contributed by atoms with van der Waals surface area (Å²) in [5.41, 5.74) is 0. The van der Waals surface area contributed by atoms with Crippen molar-refractivity contribution >= 4 is 21.4 Å². The highest BCUT2D eigenvalue weighted by Crippen LogP contribution is 2.25. The molecule has 0 unspecified atom stereocenters. The third-order valence-corrected chi connectivity index (χ3v) is 4.71. The van der Waals surface area contributed by atoms with Gasteiger partial charge in [-0.15, -0.1) is 11.3 Å². The maximum atomic E-state index is 11.3. The first-order chi connectivity index (χ1) is 5.97. The SMILES string of the molecule is CNS(=O)(=O)c1ccc([C@@H](C)O)s1. The average Bonchev–Trinajstić information content (AvgIpc) is 2.52. The quantitative estimate of drug-likeness (QED) is 0.790. The fraction of sp³-hybridized carbons (Fsp3) is 0.429. The third kappa shape index (κ3) is 2.28. The number of hydrogen-bond acceptors (Lipinski definition) is 4. The molecule has 1 rings (SSSR count). The monoisotopic (exact) mass is 221 g/mol. The Kier molecular flexibility index (Phi) is 3.07. The van der Waals surface area contributed by atoms with Crippen molar-refractivity contribution in [3.05, 3.63) is 17.0 Å². The van der Waals surface area contributed by atoms with E-state index in [4.69, 9.17) is 0 Å². The van der Waals surface area contributed by atoms with Crippen molar-refractivity contribution in [3.63, 3.8) is 0 Å². The summed E-state index contributed by atoms with van der Waals surface area (Å²) in [6.45, 7) is 1.60. The van der Waals surface area contributed by atoms with Gasteiger partial charge in [0.1, 0.15) is 4.21 Å². The van der Waals surface area contributed by atoms with E-state index in [2.05, 4.69) is 4.72 Å². The van der Waals surface area contributed by atoms with Gasteiger partial charge in [0.15, 0.2) is 0 Å². The summed E-state index contributed by atoms with van der Waals surface area (Å²) in [4.78, 5) is 0.647. The van der Waals surface area contributed by atoms with Crippen LogP contribution in [0.3, 0.4) is 0 Å². The third-order valence-electron chi connectivity index (χ3n) is 1.55. The number of thiophene rings is 1. The lowest BCUT2D eigenvalue weighted by Gasteiger charge is -1.98. The lowest BCUT2D eigenvalue weighted by atomic mass is 10.3. The predicted octanol–water partition coefficient (Wildman–Crippen LogP) is 0.709. The van der Waals surface area contributed by atoms with Crippen LogP contribution in [0.15, 0.2) is 16.3 Å². The molecule has 0 aliphatic rings. The molecule has 6 heteroatoms. The van der Waals surface area contributed by atoms with E-state index in [0.29, 0.717) is 4.88 Å². The Morgan fingerprint density at radius 2 is 2.15 bits per heavy atom. The molecule has 0 radical (unpaired) electrons. The van der Waals surface area contributed by atoms with E-state index in [1.54, 1.807) is 13.0 Å². The molecule has 0 aliphatic heterocycles. The van der Waals surface area contributed by atoms with Crippen LogP contribution >= 0.6 is 11.3 Å². The molecule has 0 saturated heterocycles. The second kappa shape index (κ2) is 3.75. The summed E-state index contributed by atoms with van der Waals surface area (Å²) >= 11 is 1.07. The van der Waals surface area contributed by atoms with Crippen molar-refractivity contribution in [2.75, 3.05) is 7.05 Å². The van der Waals surface area contributed by atoms with Crippen molar-refractivity contribution in [2.24, 2.45) is 0 Å². The van der Waals surface area contributed by atoms with Crippen molar-refractivity contribution in [2.45, 2.75) is 17.2 Å². The Morgan fingerprint density at radius 1 is 1.54 bits per heavy atom. The topological polar surface area (TPSA) is 66.4 Å². The van der Waals surface area contributed by atoms with E-state index < -0.39 is 16.1 Å². The van der Waals surface area contributed by atoms with Gasteiger partial charge in [-0.3, -0.25) is 0 Å². The van der Waals surface area contributed by atoms with Crippen LogP contribution in [0.5, 0.6) is 0 Å². The van der Waals surface area contributed by atoms with E-state index in [1.165, 1.54) is 13.1 Å². The molecule has 2 N–H and O–H groups in total. The zero-order valence-electron chi connectivity index (χ0n) is 7.31. The van der Waals surface area contributed by atoms with Gasteiger partial charge < -0.3 is 5.11 Å². The summed E-state index contributed by atoms with van der Waals surface area (Å²) in [6, 6.07) is 3.10. The molecule has 0 saturated carbocycles. The lowest BCUT2D eigenvalue weighted by Crippen LogP contribution is -2.17. The number of aliphatic hydroxyl groups is 1. The number of rotatable bonds is 3. The molecule has 1 atom stereocenters. The normalized spacial score (nSPS) is 14.4. The minimum Gasteiger partial charge on any atom is -0.388 e. The second-order valence-corrected chi connectivity index (χ2v) is 5.77. The van der Waals surface area contributed by atoms with Crippen molar-refractivity contribution < 1.29 is 13.5 Å². The molecule has 0 amide bonds. The van der Waals surface area contributed by atoms with Gasteiger partial charge in [-0.25, -0.2) is 13.1 Å². The summed E-state index contributed by atoms with van der Waals surface area (Å²) < 4.78 is 24.9. The fourth-order valence-corrected chi connectivity index (χ4v) is 2.90. The highest BCUT2D eigenvalue weighted by atomic mass is 32.2. The van der Waals surface area contributed by atoms with Gasteiger partial charge in [-0.2, -0.15) is 0 Å². The van der Waals surface area contributed by atoms with Crippen molar-refractivity contribution in [1.82, 2.24) is 4.72 Å². The predicted molar refractivity (Wildman–Crippen MR) is 51.2 cm³/mol. The van der Waals surface area contributed by atoms with E-state index in [1.807, 2.05) is 0 Å². The number of nitrogens with one attached hydrogen (secondary N) is 1. The number of hydrogen-bond donors (Lipinski definition) is 2. The molecule has 74 valence electrons. The first-order valence-corrected chi connectivity index (χ1v) is 5.98. The largest absolute Gasteiger partial charge is 0.388 e. The first-order valence-electron chi connectivity index (χ1n) is 3.68. The van der Waals surface area contributed by atoms with E-state index in [0.717, 1.165) is 11.3 Å². The van der Waals surface area contributed by atoms with Crippen LogP contribution in [0.2, 0.25) is 0 Å². The lowest BCUT2D eigenvalue weighted by molar-refractivity contribution is 0.203. The van der Waals surface area contributed by atoms with Gasteiger partial charge in [0.05, 0.1) is 6.10 Å².